The molecule has 2 nitrogen and oxygen atoms in total. The van der Waals surface area contributed by atoms with Gasteiger partial charge in [0.25, 0.3) is 0 Å². The molecule has 1 aliphatic rings. The molecule has 2 heteroatoms. The third kappa shape index (κ3) is 4.49. The minimum atomic E-state index is 0.884. The van der Waals surface area contributed by atoms with Gasteiger partial charge in [0.15, 0.2) is 0 Å². The van der Waals surface area contributed by atoms with Crippen molar-refractivity contribution in [3.8, 4) is 0 Å². The highest BCUT2D eigenvalue weighted by atomic mass is 14.9. The highest BCUT2D eigenvalue weighted by molar-refractivity contribution is 5.21. The van der Waals surface area contributed by atoms with Crippen molar-refractivity contribution in [1.82, 2.24) is 10.6 Å². The topological polar surface area (TPSA) is 24.1 Å². The monoisotopic (exact) mass is 232 g/mol. The average molecular weight is 232 g/mol. The number of piperidine rings is 1. The van der Waals surface area contributed by atoms with E-state index in [0.29, 0.717) is 0 Å². The summed E-state index contributed by atoms with van der Waals surface area (Å²) in [6, 6.07) is 8.87. The first-order valence-electron chi connectivity index (χ1n) is 6.81. The van der Waals surface area contributed by atoms with Gasteiger partial charge < -0.3 is 10.6 Å². The number of hydrogen-bond donors (Lipinski definition) is 2. The lowest BCUT2D eigenvalue weighted by Crippen LogP contribution is -2.34. The maximum absolute atomic E-state index is 3.59. The quantitative estimate of drug-likeness (QED) is 0.760. The minimum Gasteiger partial charge on any atom is -0.317 e. The molecule has 0 unspecified atom stereocenters. The third-order valence-electron chi connectivity index (χ3n) is 3.60. The fraction of sp³-hybridized carbons (Fsp3) is 0.600. The molecule has 1 fully saturated rings. The Morgan fingerprint density at radius 3 is 2.59 bits per heavy atom. The van der Waals surface area contributed by atoms with Gasteiger partial charge in [0.1, 0.15) is 0 Å². The zero-order chi connectivity index (χ0) is 11.9. The Morgan fingerprint density at radius 1 is 1.18 bits per heavy atom. The van der Waals surface area contributed by atoms with E-state index in [2.05, 4.69) is 41.8 Å². The molecule has 17 heavy (non-hydrogen) atoms. The number of rotatable bonds is 5. The molecule has 0 atom stereocenters. The van der Waals surface area contributed by atoms with Gasteiger partial charge in [-0.25, -0.2) is 0 Å². The van der Waals surface area contributed by atoms with Gasteiger partial charge in [-0.1, -0.05) is 29.8 Å². The number of aryl methyl sites for hydroxylation is 1. The van der Waals surface area contributed by atoms with Gasteiger partial charge in [0.2, 0.25) is 0 Å². The summed E-state index contributed by atoms with van der Waals surface area (Å²) in [5.41, 5.74) is 2.78. The van der Waals surface area contributed by atoms with E-state index in [9.17, 15) is 0 Å². The van der Waals surface area contributed by atoms with E-state index in [1.54, 1.807) is 0 Å². The van der Waals surface area contributed by atoms with Crippen molar-refractivity contribution in [3.63, 3.8) is 0 Å². The van der Waals surface area contributed by atoms with E-state index in [1.165, 1.54) is 43.6 Å². The molecule has 1 aromatic carbocycles. The van der Waals surface area contributed by atoms with E-state index in [1.807, 2.05) is 0 Å². The molecule has 0 saturated carbocycles. The molecule has 2 rings (SSSR count). The van der Waals surface area contributed by atoms with Gasteiger partial charge in [-0.15, -0.1) is 0 Å². The number of hydrogen-bond acceptors (Lipinski definition) is 2. The van der Waals surface area contributed by atoms with Crippen molar-refractivity contribution in [1.29, 1.82) is 0 Å². The summed E-state index contributed by atoms with van der Waals surface area (Å²) in [6.45, 7) is 6.83. The van der Waals surface area contributed by atoms with Gasteiger partial charge in [0, 0.05) is 0 Å². The van der Waals surface area contributed by atoms with Crippen molar-refractivity contribution in [2.24, 2.45) is 5.92 Å². The summed E-state index contributed by atoms with van der Waals surface area (Å²) in [4.78, 5) is 0. The van der Waals surface area contributed by atoms with Crippen LogP contribution >= 0.6 is 0 Å². The number of benzene rings is 1. The second-order valence-electron chi connectivity index (χ2n) is 5.13. The summed E-state index contributed by atoms with van der Waals surface area (Å²) >= 11 is 0. The van der Waals surface area contributed by atoms with Crippen molar-refractivity contribution in [2.45, 2.75) is 26.2 Å². The van der Waals surface area contributed by atoms with Crippen LogP contribution in [0.25, 0.3) is 0 Å². The maximum atomic E-state index is 3.59. The van der Waals surface area contributed by atoms with Crippen molar-refractivity contribution in [2.75, 3.05) is 26.2 Å². The van der Waals surface area contributed by atoms with E-state index in [4.69, 9.17) is 0 Å². The van der Waals surface area contributed by atoms with Gasteiger partial charge in [-0.05, 0) is 63.8 Å². The fourth-order valence-electron chi connectivity index (χ4n) is 2.38. The van der Waals surface area contributed by atoms with E-state index >= 15 is 0 Å². The summed E-state index contributed by atoms with van der Waals surface area (Å²) in [5.74, 6) is 0.884. The van der Waals surface area contributed by atoms with Crippen LogP contribution in [0.3, 0.4) is 0 Å². The first-order chi connectivity index (χ1) is 8.34. The second kappa shape index (κ2) is 6.77. The normalized spacial score (nSPS) is 17.2. The van der Waals surface area contributed by atoms with E-state index in [-0.39, 0.29) is 0 Å². The molecule has 0 spiro atoms. The molecule has 94 valence electrons. The van der Waals surface area contributed by atoms with Crippen LogP contribution in [0.2, 0.25) is 0 Å². The Kier molecular flexibility index (Phi) is 5.02. The standard InChI is InChI=1S/C15H24N2/c1-13-2-4-14(5-3-13)6-11-17-12-15-7-9-16-10-8-15/h2-5,15-17H,6-12H2,1H3. The molecule has 0 aromatic heterocycles. The van der Waals surface area contributed by atoms with E-state index in [0.717, 1.165) is 18.9 Å². The average Bonchev–Trinajstić information content (AvgIpc) is 2.38. The van der Waals surface area contributed by atoms with E-state index < -0.39 is 0 Å². The van der Waals surface area contributed by atoms with Crippen LogP contribution < -0.4 is 10.6 Å². The Bertz CT molecular complexity index is 312. The molecule has 1 aromatic rings. The summed E-state index contributed by atoms with van der Waals surface area (Å²) in [7, 11) is 0. The maximum Gasteiger partial charge on any atom is -0.000824 e. The second-order valence-corrected chi connectivity index (χ2v) is 5.13. The summed E-state index contributed by atoms with van der Waals surface area (Å²) < 4.78 is 0. The summed E-state index contributed by atoms with van der Waals surface area (Å²) in [6.07, 6.45) is 3.81. The van der Waals surface area contributed by atoms with Crippen LogP contribution in [-0.4, -0.2) is 26.2 Å². The smallest absolute Gasteiger partial charge is 0.000824 e. The van der Waals surface area contributed by atoms with Crippen molar-refractivity contribution >= 4 is 0 Å². The van der Waals surface area contributed by atoms with Gasteiger partial charge in [0.05, 0.1) is 0 Å². The largest absolute Gasteiger partial charge is 0.317 e. The lowest BCUT2D eigenvalue weighted by Gasteiger charge is -2.22. The van der Waals surface area contributed by atoms with Gasteiger partial charge in [-0.2, -0.15) is 0 Å². The molecule has 1 heterocycles. The van der Waals surface area contributed by atoms with Crippen LogP contribution in [0.15, 0.2) is 24.3 Å². The fourth-order valence-corrected chi connectivity index (χ4v) is 2.38. The Balaban J connectivity index is 1.60. The van der Waals surface area contributed by atoms with Crippen molar-refractivity contribution < 1.29 is 0 Å². The van der Waals surface area contributed by atoms with Crippen LogP contribution in [0, 0.1) is 12.8 Å². The van der Waals surface area contributed by atoms with Gasteiger partial charge in [-0.3, -0.25) is 0 Å². The Morgan fingerprint density at radius 2 is 1.88 bits per heavy atom. The van der Waals surface area contributed by atoms with Gasteiger partial charge >= 0.3 is 0 Å². The summed E-state index contributed by atoms with van der Waals surface area (Å²) in [5, 5.41) is 7.00. The highest BCUT2D eigenvalue weighted by Crippen LogP contribution is 2.09. The first-order valence-corrected chi connectivity index (χ1v) is 6.81. The molecule has 1 aliphatic heterocycles. The first kappa shape index (κ1) is 12.6. The molecule has 1 saturated heterocycles. The lowest BCUT2D eigenvalue weighted by atomic mass is 9.98. The molecule has 0 radical (unpaired) electrons. The number of nitrogens with one attached hydrogen (secondary N) is 2. The molecular formula is C15H24N2. The lowest BCUT2D eigenvalue weighted by molar-refractivity contribution is 0.358. The van der Waals surface area contributed by atoms with Crippen LogP contribution in [0.4, 0.5) is 0 Å². The van der Waals surface area contributed by atoms with Crippen molar-refractivity contribution in [3.05, 3.63) is 35.4 Å². The molecule has 2 N–H and O–H groups in total. The predicted octanol–water partition coefficient (Wildman–Crippen LogP) is 2.13. The Hall–Kier alpha value is -0.860. The Labute approximate surface area is 105 Å². The van der Waals surface area contributed by atoms with Crippen LogP contribution in [0.1, 0.15) is 24.0 Å². The molecule has 0 bridgehead atoms. The molecule has 0 aliphatic carbocycles. The van der Waals surface area contributed by atoms with Crippen LogP contribution in [-0.2, 0) is 6.42 Å². The third-order valence-corrected chi connectivity index (χ3v) is 3.60. The molecular weight excluding hydrogens is 208 g/mol. The van der Waals surface area contributed by atoms with Crippen LogP contribution in [0.5, 0.6) is 0 Å². The minimum absolute atomic E-state index is 0.884. The zero-order valence-corrected chi connectivity index (χ0v) is 10.8. The predicted molar refractivity (Wildman–Crippen MR) is 73.3 cm³/mol. The SMILES string of the molecule is Cc1ccc(CCNCC2CCNCC2)cc1. The highest BCUT2D eigenvalue weighted by Gasteiger charge is 2.11. The zero-order valence-electron chi connectivity index (χ0n) is 10.8. The molecule has 0 amide bonds.